The molecule has 1 unspecified atom stereocenters. The molecule has 2 rings (SSSR count). The van der Waals surface area contributed by atoms with E-state index in [9.17, 15) is 19.7 Å². The molecule has 0 aliphatic heterocycles. The molecule has 1 aromatic heterocycles. The van der Waals surface area contributed by atoms with Crippen LogP contribution in [0.3, 0.4) is 0 Å². The number of nitro benzene ring substituents is 1. The first-order valence-corrected chi connectivity index (χ1v) is 8.75. The Morgan fingerprint density at radius 3 is 2.85 bits per heavy atom. The highest BCUT2D eigenvalue weighted by molar-refractivity contribution is 7.09. The molecule has 0 aliphatic carbocycles. The van der Waals surface area contributed by atoms with Gasteiger partial charge in [-0.1, -0.05) is 23.7 Å². The molecule has 0 spiro atoms. The molecule has 1 heterocycles. The summed E-state index contributed by atoms with van der Waals surface area (Å²) in [5.74, 6) is -1.15. The van der Waals surface area contributed by atoms with E-state index in [0.717, 1.165) is 11.0 Å². The summed E-state index contributed by atoms with van der Waals surface area (Å²) in [5.41, 5.74) is 0.149. The number of ether oxygens (including phenoxy) is 1. The third-order valence-corrected chi connectivity index (χ3v) is 4.45. The number of benzene rings is 1. The maximum absolute atomic E-state index is 11.9. The number of nitrogens with one attached hydrogen (secondary N) is 1. The number of carbonyl (C=O) groups excluding carboxylic acids is 2. The van der Waals surface area contributed by atoms with Crippen molar-refractivity contribution in [3.05, 3.63) is 67.4 Å². The molecule has 0 aliphatic rings. The summed E-state index contributed by atoms with van der Waals surface area (Å²) in [7, 11) is 0. The summed E-state index contributed by atoms with van der Waals surface area (Å²) in [6.45, 7) is 1.82. The Kier molecular flexibility index (Phi) is 6.88. The highest BCUT2D eigenvalue weighted by Crippen LogP contribution is 2.25. The van der Waals surface area contributed by atoms with Crippen LogP contribution >= 0.6 is 22.9 Å². The summed E-state index contributed by atoms with van der Waals surface area (Å²) in [4.78, 5) is 34.9. The van der Waals surface area contributed by atoms with Crippen molar-refractivity contribution in [1.82, 2.24) is 5.32 Å². The van der Waals surface area contributed by atoms with Gasteiger partial charge in [0.2, 0.25) is 0 Å². The molecular formula is C17H15ClN2O5S. The van der Waals surface area contributed by atoms with Gasteiger partial charge in [-0.05, 0) is 36.1 Å². The molecule has 1 N–H and O–H groups in total. The number of hydrogen-bond donors (Lipinski definition) is 1. The summed E-state index contributed by atoms with van der Waals surface area (Å²) in [6, 6.07) is 7.89. The number of nitro groups is 1. The minimum atomic E-state index is -0.966. The predicted octanol–water partition coefficient (Wildman–Crippen LogP) is 3.57. The zero-order valence-corrected chi connectivity index (χ0v) is 15.3. The Balaban J connectivity index is 1.89. The molecule has 9 heteroatoms. The van der Waals surface area contributed by atoms with Crippen LogP contribution in [0.1, 0.15) is 17.4 Å². The van der Waals surface area contributed by atoms with Gasteiger partial charge < -0.3 is 10.1 Å². The van der Waals surface area contributed by atoms with Crippen LogP contribution in [-0.4, -0.2) is 22.9 Å². The molecule has 2 aromatic rings. The molecule has 0 bridgehead atoms. The van der Waals surface area contributed by atoms with Gasteiger partial charge in [0, 0.05) is 17.0 Å². The monoisotopic (exact) mass is 394 g/mol. The minimum absolute atomic E-state index is 0.00533. The number of esters is 1. The van der Waals surface area contributed by atoms with Gasteiger partial charge in [0.05, 0.1) is 11.5 Å². The Hall–Kier alpha value is -2.71. The molecule has 0 radical (unpaired) electrons. The third kappa shape index (κ3) is 5.68. The molecule has 0 saturated heterocycles. The molecular weight excluding hydrogens is 380 g/mol. The molecule has 1 atom stereocenters. The van der Waals surface area contributed by atoms with Crippen LogP contribution in [0.4, 0.5) is 5.69 Å². The van der Waals surface area contributed by atoms with Crippen molar-refractivity contribution in [3.8, 4) is 0 Å². The van der Waals surface area contributed by atoms with E-state index < -0.39 is 22.9 Å². The standard InChI is InChI=1S/C17H15ClN2O5S/c1-11(17(22)19-10-13-3-2-8-26-13)25-16(21)7-5-12-4-6-14(18)15(9-12)20(23)24/h2-9,11H,10H2,1H3,(H,19,22)/b7-5+. The van der Waals surface area contributed by atoms with Crippen LogP contribution in [0.15, 0.2) is 41.8 Å². The highest BCUT2D eigenvalue weighted by Gasteiger charge is 2.16. The molecule has 0 fully saturated rings. The van der Waals surface area contributed by atoms with Crippen molar-refractivity contribution in [1.29, 1.82) is 0 Å². The second-order valence-electron chi connectivity index (χ2n) is 5.18. The maximum Gasteiger partial charge on any atom is 0.331 e. The average molecular weight is 395 g/mol. The number of hydrogen-bond acceptors (Lipinski definition) is 6. The summed E-state index contributed by atoms with van der Waals surface area (Å²) in [5, 5.41) is 15.4. The number of rotatable bonds is 7. The Morgan fingerprint density at radius 2 is 2.19 bits per heavy atom. The molecule has 26 heavy (non-hydrogen) atoms. The van der Waals surface area contributed by atoms with Crippen LogP contribution in [0, 0.1) is 10.1 Å². The van der Waals surface area contributed by atoms with Gasteiger partial charge in [0.25, 0.3) is 11.6 Å². The van der Waals surface area contributed by atoms with E-state index in [2.05, 4.69) is 5.32 Å². The third-order valence-electron chi connectivity index (χ3n) is 3.26. The second-order valence-corrected chi connectivity index (χ2v) is 6.62. The van der Waals surface area contributed by atoms with Crippen molar-refractivity contribution >= 4 is 46.6 Å². The summed E-state index contributed by atoms with van der Waals surface area (Å²) >= 11 is 7.23. The zero-order chi connectivity index (χ0) is 19.1. The van der Waals surface area contributed by atoms with Crippen molar-refractivity contribution in [3.63, 3.8) is 0 Å². The number of amides is 1. The largest absolute Gasteiger partial charge is 0.449 e. The van der Waals surface area contributed by atoms with Crippen LogP contribution in [0.25, 0.3) is 6.08 Å². The molecule has 136 valence electrons. The Morgan fingerprint density at radius 1 is 1.42 bits per heavy atom. The summed E-state index contributed by atoms with van der Waals surface area (Å²) in [6.07, 6.45) is 1.48. The SMILES string of the molecule is CC(OC(=O)/C=C/c1ccc(Cl)c([N+](=O)[O-])c1)C(=O)NCc1cccs1. The normalized spacial score (nSPS) is 11.9. The van der Waals surface area contributed by atoms with E-state index in [0.29, 0.717) is 12.1 Å². The minimum Gasteiger partial charge on any atom is -0.449 e. The van der Waals surface area contributed by atoms with Crippen molar-refractivity contribution < 1.29 is 19.2 Å². The van der Waals surface area contributed by atoms with Gasteiger partial charge in [-0.15, -0.1) is 11.3 Å². The Labute approximate surface area is 158 Å². The van der Waals surface area contributed by atoms with Crippen LogP contribution in [0.2, 0.25) is 5.02 Å². The van der Waals surface area contributed by atoms with Crippen LogP contribution < -0.4 is 5.32 Å². The van der Waals surface area contributed by atoms with E-state index >= 15 is 0 Å². The predicted molar refractivity (Wildman–Crippen MR) is 98.9 cm³/mol. The number of nitrogens with zero attached hydrogens (tertiary/aromatic N) is 1. The average Bonchev–Trinajstić information content (AvgIpc) is 3.12. The second kappa shape index (κ2) is 9.12. The van der Waals surface area contributed by atoms with Crippen molar-refractivity contribution in [2.45, 2.75) is 19.6 Å². The van der Waals surface area contributed by atoms with Crippen molar-refractivity contribution in [2.24, 2.45) is 0 Å². The lowest BCUT2D eigenvalue weighted by molar-refractivity contribution is -0.384. The van der Waals surface area contributed by atoms with E-state index in [1.54, 1.807) is 0 Å². The van der Waals surface area contributed by atoms with Crippen LogP contribution in [0.5, 0.6) is 0 Å². The summed E-state index contributed by atoms with van der Waals surface area (Å²) < 4.78 is 5.01. The highest BCUT2D eigenvalue weighted by atomic mass is 35.5. The smallest absolute Gasteiger partial charge is 0.331 e. The first-order valence-electron chi connectivity index (χ1n) is 7.49. The quantitative estimate of drug-likeness (QED) is 0.335. The fourth-order valence-electron chi connectivity index (χ4n) is 1.94. The Bertz CT molecular complexity index is 836. The van der Waals surface area contributed by atoms with Gasteiger partial charge in [0.1, 0.15) is 5.02 Å². The van der Waals surface area contributed by atoms with Gasteiger partial charge in [-0.3, -0.25) is 14.9 Å². The number of halogens is 1. The number of carbonyl (C=O) groups is 2. The lowest BCUT2D eigenvalue weighted by Crippen LogP contribution is -2.34. The maximum atomic E-state index is 11.9. The number of thiophene rings is 1. The lowest BCUT2D eigenvalue weighted by atomic mass is 10.2. The topological polar surface area (TPSA) is 98.5 Å². The van der Waals surface area contributed by atoms with Crippen molar-refractivity contribution in [2.75, 3.05) is 0 Å². The lowest BCUT2D eigenvalue weighted by Gasteiger charge is -2.11. The van der Waals surface area contributed by atoms with Gasteiger partial charge in [-0.2, -0.15) is 0 Å². The molecule has 1 aromatic carbocycles. The zero-order valence-electron chi connectivity index (χ0n) is 13.7. The molecule has 0 saturated carbocycles. The van der Waals surface area contributed by atoms with Gasteiger partial charge in [0.15, 0.2) is 6.10 Å². The van der Waals surface area contributed by atoms with E-state index in [4.69, 9.17) is 16.3 Å². The van der Waals surface area contributed by atoms with Crippen LogP contribution in [-0.2, 0) is 20.9 Å². The van der Waals surface area contributed by atoms with E-state index in [1.807, 2.05) is 17.5 Å². The fraction of sp³-hybridized carbons (Fsp3) is 0.176. The first kappa shape index (κ1) is 19.6. The van der Waals surface area contributed by atoms with Gasteiger partial charge >= 0.3 is 5.97 Å². The first-order chi connectivity index (χ1) is 12.4. The van der Waals surface area contributed by atoms with E-state index in [-0.39, 0.29) is 10.7 Å². The fourth-order valence-corrected chi connectivity index (χ4v) is 2.77. The molecule has 7 nitrogen and oxygen atoms in total. The molecule has 1 amide bonds. The van der Waals surface area contributed by atoms with E-state index in [1.165, 1.54) is 42.5 Å². The van der Waals surface area contributed by atoms with Gasteiger partial charge in [-0.25, -0.2) is 4.79 Å².